The lowest BCUT2D eigenvalue weighted by Gasteiger charge is -2.12. The Morgan fingerprint density at radius 3 is 2.55 bits per heavy atom. The summed E-state index contributed by atoms with van der Waals surface area (Å²) in [6.07, 6.45) is 1.55. The van der Waals surface area contributed by atoms with Gasteiger partial charge in [0.2, 0.25) is 0 Å². The molecule has 0 N–H and O–H groups in total. The number of ether oxygens (including phenoxy) is 1. The standard InChI is InChI=1S/C17H19NO3S/c1-5-10-18-16(19)14(15(17(18)20)22-11(2)3)12-8-6-7-9-13(12)21-4/h5-9,11H,1,10H2,2-4H3. The fourth-order valence-electron chi connectivity index (χ4n) is 2.28. The second kappa shape index (κ2) is 6.83. The quantitative estimate of drug-likeness (QED) is 0.597. The van der Waals surface area contributed by atoms with E-state index in [1.165, 1.54) is 16.7 Å². The maximum atomic E-state index is 12.7. The van der Waals surface area contributed by atoms with Crippen LogP contribution < -0.4 is 4.74 Å². The molecule has 1 aromatic carbocycles. The summed E-state index contributed by atoms with van der Waals surface area (Å²) in [4.78, 5) is 27.0. The third kappa shape index (κ3) is 2.95. The Balaban J connectivity index is 2.59. The van der Waals surface area contributed by atoms with E-state index in [2.05, 4.69) is 6.58 Å². The first-order valence-corrected chi connectivity index (χ1v) is 7.90. The van der Waals surface area contributed by atoms with Crippen LogP contribution in [-0.4, -0.2) is 35.6 Å². The first-order chi connectivity index (χ1) is 10.5. The number of imide groups is 1. The van der Waals surface area contributed by atoms with E-state index in [1.54, 1.807) is 25.3 Å². The van der Waals surface area contributed by atoms with E-state index in [-0.39, 0.29) is 23.6 Å². The molecule has 1 aliphatic heterocycles. The summed E-state index contributed by atoms with van der Waals surface area (Å²) < 4.78 is 5.34. The molecular formula is C17H19NO3S. The summed E-state index contributed by atoms with van der Waals surface area (Å²) in [6.45, 7) is 7.80. The Labute approximate surface area is 134 Å². The van der Waals surface area contributed by atoms with E-state index in [1.807, 2.05) is 26.0 Å². The Morgan fingerprint density at radius 2 is 1.95 bits per heavy atom. The highest BCUT2D eigenvalue weighted by molar-refractivity contribution is 8.04. The van der Waals surface area contributed by atoms with Crippen LogP contribution in [0.3, 0.4) is 0 Å². The first kappa shape index (κ1) is 16.4. The molecule has 0 radical (unpaired) electrons. The summed E-state index contributed by atoms with van der Waals surface area (Å²) in [5.41, 5.74) is 1.07. The number of hydrogen-bond donors (Lipinski definition) is 0. The molecule has 5 heteroatoms. The van der Waals surface area contributed by atoms with Crippen LogP contribution in [0.5, 0.6) is 5.75 Å². The number of hydrogen-bond acceptors (Lipinski definition) is 4. The van der Waals surface area contributed by atoms with E-state index in [9.17, 15) is 9.59 Å². The van der Waals surface area contributed by atoms with Gasteiger partial charge in [-0.25, -0.2) is 0 Å². The molecule has 0 atom stereocenters. The van der Waals surface area contributed by atoms with Crippen molar-refractivity contribution in [1.82, 2.24) is 4.90 Å². The largest absolute Gasteiger partial charge is 0.496 e. The van der Waals surface area contributed by atoms with E-state index in [0.29, 0.717) is 21.8 Å². The Bertz CT molecular complexity index is 649. The van der Waals surface area contributed by atoms with Gasteiger partial charge in [-0.05, 0) is 6.07 Å². The Morgan fingerprint density at radius 1 is 1.27 bits per heavy atom. The summed E-state index contributed by atoms with van der Waals surface area (Å²) in [5, 5.41) is 0.195. The monoisotopic (exact) mass is 317 g/mol. The maximum Gasteiger partial charge on any atom is 0.268 e. The first-order valence-electron chi connectivity index (χ1n) is 7.02. The lowest BCUT2D eigenvalue weighted by atomic mass is 10.1. The van der Waals surface area contributed by atoms with Crippen molar-refractivity contribution in [2.45, 2.75) is 19.1 Å². The third-order valence-electron chi connectivity index (χ3n) is 3.17. The van der Waals surface area contributed by atoms with Crippen LogP contribution in [0.2, 0.25) is 0 Å². The topological polar surface area (TPSA) is 46.6 Å². The maximum absolute atomic E-state index is 12.7. The molecule has 1 aromatic rings. The average Bonchev–Trinajstić information content (AvgIpc) is 2.71. The number of thioether (sulfide) groups is 1. The number of benzene rings is 1. The second-order valence-electron chi connectivity index (χ2n) is 5.08. The predicted molar refractivity (Wildman–Crippen MR) is 89.6 cm³/mol. The third-order valence-corrected chi connectivity index (χ3v) is 4.25. The molecule has 0 aromatic heterocycles. The van der Waals surface area contributed by atoms with Crippen LogP contribution in [0.1, 0.15) is 19.4 Å². The number of amides is 2. The lowest BCUT2D eigenvalue weighted by Crippen LogP contribution is -2.31. The smallest absolute Gasteiger partial charge is 0.268 e. The number of rotatable bonds is 6. The molecule has 0 bridgehead atoms. The Kier molecular flexibility index (Phi) is 5.08. The van der Waals surface area contributed by atoms with E-state index >= 15 is 0 Å². The zero-order chi connectivity index (χ0) is 16.3. The minimum atomic E-state index is -0.294. The van der Waals surface area contributed by atoms with Crippen molar-refractivity contribution >= 4 is 29.1 Å². The van der Waals surface area contributed by atoms with Gasteiger partial charge in [-0.3, -0.25) is 14.5 Å². The minimum Gasteiger partial charge on any atom is -0.496 e. The van der Waals surface area contributed by atoms with Crippen molar-refractivity contribution < 1.29 is 14.3 Å². The van der Waals surface area contributed by atoms with Crippen LogP contribution in [0.25, 0.3) is 5.57 Å². The number of methoxy groups -OCH3 is 1. The van der Waals surface area contributed by atoms with E-state index in [0.717, 1.165) is 0 Å². The fourth-order valence-corrected chi connectivity index (χ4v) is 3.28. The molecule has 2 amide bonds. The highest BCUT2D eigenvalue weighted by Gasteiger charge is 2.39. The van der Waals surface area contributed by atoms with Gasteiger partial charge >= 0.3 is 0 Å². The molecule has 0 spiro atoms. The normalized spacial score (nSPS) is 15.0. The second-order valence-corrected chi connectivity index (χ2v) is 6.67. The molecule has 1 heterocycles. The van der Waals surface area contributed by atoms with Crippen molar-refractivity contribution in [3.05, 3.63) is 47.4 Å². The molecule has 22 heavy (non-hydrogen) atoms. The molecule has 0 aliphatic carbocycles. The number of nitrogens with zero attached hydrogens (tertiary/aromatic N) is 1. The number of carbonyl (C=O) groups is 2. The number of para-hydroxylation sites is 1. The number of carbonyl (C=O) groups excluding carboxylic acids is 2. The molecule has 2 rings (SSSR count). The van der Waals surface area contributed by atoms with Gasteiger partial charge < -0.3 is 4.74 Å². The highest BCUT2D eigenvalue weighted by Crippen LogP contribution is 2.40. The summed E-state index contributed by atoms with van der Waals surface area (Å²) in [5.74, 6) is 0.0306. The van der Waals surface area contributed by atoms with Gasteiger partial charge in [-0.2, -0.15) is 0 Å². The molecule has 116 valence electrons. The highest BCUT2D eigenvalue weighted by atomic mass is 32.2. The van der Waals surface area contributed by atoms with Gasteiger partial charge in [-0.15, -0.1) is 18.3 Å². The summed E-state index contributed by atoms with van der Waals surface area (Å²) >= 11 is 1.40. The van der Waals surface area contributed by atoms with Crippen molar-refractivity contribution in [3.63, 3.8) is 0 Å². The van der Waals surface area contributed by atoms with Crippen LogP contribution in [0.15, 0.2) is 41.8 Å². The van der Waals surface area contributed by atoms with Gasteiger partial charge in [0.05, 0.1) is 17.6 Å². The lowest BCUT2D eigenvalue weighted by molar-refractivity contribution is -0.135. The van der Waals surface area contributed by atoms with Crippen LogP contribution >= 0.6 is 11.8 Å². The zero-order valence-electron chi connectivity index (χ0n) is 13.0. The van der Waals surface area contributed by atoms with Crippen molar-refractivity contribution in [3.8, 4) is 5.75 Å². The van der Waals surface area contributed by atoms with E-state index in [4.69, 9.17) is 4.74 Å². The van der Waals surface area contributed by atoms with Crippen LogP contribution in [-0.2, 0) is 9.59 Å². The van der Waals surface area contributed by atoms with Gasteiger partial charge in [0.1, 0.15) is 5.75 Å². The van der Waals surface area contributed by atoms with Crippen molar-refractivity contribution in [2.75, 3.05) is 13.7 Å². The van der Waals surface area contributed by atoms with Gasteiger partial charge in [0.25, 0.3) is 11.8 Å². The van der Waals surface area contributed by atoms with Gasteiger partial charge in [0.15, 0.2) is 0 Å². The predicted octanol–water partition coefficient (Wildman–Crippen LogP) is 3.10. The zero-order valence-corrected chi connectivity index (χ0v) is 13.8. The van der Waals surface area contributed by atoms with Gasteiger partial charge in [0, 0.05) is 17.4 Å². The van der Waals surface area contributed by atoms with Crippen molar-refractivity contribution in [2.24, 2.45) is 0 Å². The van der Waals surface area contributed by atoms with Crippen LogP contribution in [0.4, 0.5) is 0 Å². The molecule has 0 saturated carbocycles. The fraction of sp³-hybridized carbons (Fsp3) is 0.294. The molecule has 1 aliphatic rings. The molecule has 4 nitrogen and oxygen atoms in total. The molecule has 0 unspecified atom stereocenters. The van der Waals surface area contributed by atoms with Crippen LogP contribution in [0, 0.1) is 0 Å². The summed E-state index contributed by atoms with van der Waals surface area (Å²) in [7, 11) is 1.55. The molecule has 0 saturated heterocycles. The molecular weight excluding hydrogens is 298 g/mol. The minimum absolute atomic E-state index is 0.195. The van der Waals surface area contributed by atoms with Crippen molar-refractivity contribution in [1.29, 1.82) is 0 Å². The Hall–Kier alpha value is -2.01. The SMILES string of the molecule is C=CCN1C(=O)C(SC(C)C)=C(c2ccccc2OC)C1=O. The molecule has 0 fully saturated rings. The van der Waals surface area contributed by atoms with Gasteiger partial charge in [-0.1, -0.05) is 38.1 Å². The average molecular weight is 317 g/mol. The van der Waals surface area contributed by atoms with E-state index < -0.39 is 0 Å². The summed E-state index contributed by atoms with van der Waals surface area (Å²) in [6, 6.07) is 7.25.